The van der Waals surface area contributed by atoms with Crippen LogP contribution in [0.4, 0.5) is 4.79 Å². The second-order valence-electron chi connectivity index (χ2n) is 10.7. The van der Waals surface area contributed by atoms with Gasteiger partial charge >= 0.3 is 12.1 Å². The molecule has 0 aliphatic heterocycles. The molecule has 0 aromatic heterocycles. The van der Waals surface area contributed by atoms with Gasteiger partial charge in [-0.25, -0.2) is 4.79 Å². The molecular weight excluding hydrogens is 526 g/mol. The number of hydrogen-bond acceptors (Lipinski definition) is 7. The van der Waals surface area contributed by atoms with Crippen molar-refractivity contribution in [2.24, 2.45) is 0 Å². The van der Waals surface area contributed by atoms with E-state index in [4.69, 9.17) is 9.47 Å². The van der Waals surface area contributed by atoms with Gasteiger partial charge in [0, 0.05) is 19.5 Å². The van der Waals surface area contributed by atoms with Crippen LogP contribution in [0.15, 0.2) is 48.5 Å². The monoisotopic (exact) mass is 569 g/mol. The van der Waals surface area contributed by atoms with E-state index in [1.807, 2.05) is 26.0 Å². The molecule has 0 aliphatic rings. The number of alkyl carbamates (subject to hydrolysis) is 1. The van der Waals surface area contributed by atoms with Crippen molar-refractivity contribution in [1.82, 2.24) is 15.5 Å². The molecule has 41 heavy (non-hydrogen) atoms. The minimum absolute atomic E-state index is 0.00846. The van der Waals surface area contributed by atoms with E-state index >= 15 is 0 Å². The lowest BCUT2D eigenvalue weighted by Crippen LogP contribution is -2.54. The van der Waals surface area contributed by atoms with Gasteiger partial charge in [-0.2, -0.15) is 0 Å². The van der Waals surface area contributed by atoms with Crippen molar-refractivity contribution in [2.45, 2.75) is 78.5 Å². The number of ether oxygens (including phenoxy) is 2. The summed E-state index contributed by atoms with van der Waals surface area (Å²) in [7, 11) is 0. The Hall–Kier alpha value is -4.08. The number of hydrogen-bond donors (Lipinski definition) is 3. The molecule has 0 radical (unpaired) electrons. The third-order valence-corrected chi connectivity index (χ3v) is 6.09. The van der Waals surface area contributed by atoms with Gasteiger partial charge in [0.2, 0.25) is 11.8 Å². The number of aryl methyl sites for hydroxylation is 1. The average Bonchev–Trinajstić information content (AvgIpc) is 2.89. The Morgan fingerprint density at radius 2 is 1.66 bits per heavy atom. The molecule has 2 aromatic carbocycles. The number of benzene rings is 2. The quantitative estimate of drug-likeness (QED) is 0.308. The number of phenolic OH excluding ortho intramolecular Hbond substituents is 1. The highest BCUT2D eigenvalue weighted by molar-refractivity contribution is 5.92. The zero-order valence-corrected chi connectivity index (χ0v) is 24.9. The number of phenols is 1. The van der Waals surface area contributed by atoms with Crippen LogP contribution < -0.4 is 10.6 Å². The molecule has 10 heteroatoms. The maximum Gasteiger partial charge on any atom is 0.408 e. The van der Waals surface area contributed by atoms with E-state index in [1.54, 1.807) is 52.0 Å². The minimum Gasteiger partial charge on any atom is -0.508 e. The highest BCUT2D eigenvalue weighted by Gasteiger charge is 2.36. The number of carbonyl (C=O) groups excluding carboxylic acids is 4. The lowest BCUT2D eigenvalue weighted by molar-refractivity contribution is -0.144. The van der Waals surface area contributed by atoms with Crippen molar-refractivity contribution in [2.75, 3.05) is 19.7 Å². The predicted octanol–water partition coefficient (Wildman–Crippen LogP) is 4.19. The molecule has 0 saturated heterocycles. The first-order valence-corrected chi connectivity index (χ1v) is 13.9. The summed E-state index contributed by atoms with van der Waals surface area (Å²) in [5.41, 5.74) is 1.34. The summed E-state index contributed by atoms with van der Waals surface area (Å²) in [6, 6.07) is 11.5. The van der Waals surface area contributed by atoms with E-state index in [9.17, 15) is 24.3 Å². The third kappa shape index (κ3) is 10.8. The molecule has 2 aromatic rings. The first kappa shape index (κ1) is 33.1. The Morgan fingerprint density at radius 3 is 2.24 bits per heavy atom. The summed E-state index contributed by atoms with van der Waals surface area (Å²) >= 11 is 0. The first-order valence-electron chi connectivity index (χ1n) is 13.9. The molecule has 2 atom stereocenters. The maximum atomic E-state index is 14.3. The van der Waals surface area contributed by atoms with Gasteiger partial charge in [0.05, 0.1) is 13.0 Å². The first-order chi connectivity index (χ1) is 19.4. The summed E-state index contributed by atoms with van der Waals surface area (Å²) < 4.78 is 10.4. The number of aromatic hydroxyl groups is 1. The number of nitrogens with one attached hydrogen (secondary N) is 2. The summed E-state index contributed by atoms with van der Waals surface area (Å²) in [4.78, 5) is 54.1. The Kier molecular flexibility index (Phi) is 12.6. The van der Waals surface area contributed by atoms with Crippen LogP contribution in [-0.2, 0) is 30.3 Å². The SMILES string of the molecule is CCCN(C(=O)C(Cc1ccc(O)cc1)NC(=O)OC(C)(C)C)C(C(=O)NCCC(=O)OCC)c1ccccc1C. The molecule has 0 aliphatic carbocycles. The Balaban J connectivity index is 2.47. The smallest absolute Gasteiger partial charge is 0.408 e. The highest BCUT2D eigenvalue weighted by Crippen LogP contribution is 2.26. The summed E-state index contributed by atoms with van der Waals surface area (Å²) in [6.07, 6.45) is -0.130. The second kappa shape index (κ2) is 15.6. The van der Waals surface area contributed by atoms with Gasteiger partial charge in [-0.05, 0) is 69.9 Å². The van der Waals surface area contributed by atoms with E-state index in [0.29, 0.717) is 17.5 Å². The van der Waals surface area contributed by atoms with E-state index < -0.39 is 41.6 Å². The molecule has 224 valence electrons. The molecular formula is C31H43N3O7. The van der Waals surface area contributed by atoms with Crippen molar-refractivity contribution in [1.29, 1.82) is 0 Å². The highest BCUT2D eigenvalue weighted by atomic mass is 16.6. The lowest BCUT2D eigenvalue weighted by atomic mass is 9.97. The van der Waals surface area contributed by atoms with Crippen LogP contribution in [0.5, 0.6) is 5.75 Å². The van der Waals surface area contributed by atoms with Crippen molar-refractivity contribution in [3.05, 3.63) is 65.2 Å². The lowest BCUT2D eigenvalue weighted by Gasteiger charge is -2.35. The number of carbonyl (C=O) groups is 4. The summed E-state index contributed by atoms with van der Waals surface area (Å²) in [5, 5.41) is 15.2. The van der Waals surface area contributed by atoms with Crippen LogP contribution in [-0.4, -0.2) is 65.2 Å². The number of nitrogens with zero attached hydrogens (tertiary/aromatic N) is 1. The normalized spacial score (nSPS) is 12.5. The number of rotatable bonds is 13. The van der Waals surface area contributed by atoms with Gasteiger partial charge in [-0.15, -0.1) is 0 Å². The average molecular weight is 570 g/mol. The van der Waals surface area contributed by atoms with Gasteiger partial charge in [0.1, 0.15) is 23.4 Å². The van der Waals surface area contributed by atoms with Crippen LogP contribution in [0.3, 0.4) is 0 Å². The standard InChI is InChI=1S/C31H43N3O7/c1-7-19-34(27(24-12-10-9-11-21(24)3)28(37)32-18-17-26(36)40-8-2)29(38)25(33-30(39)41-31(4,5)6)20-22-13-15-23(35)16-14-22/h9-16,25,27,35H,7-8,17-20H2,1-6H3,(H,32,37)(H,33,39). The van der Waals surface area contributed by atoms with E-state index in [2.05, 4.69) is 10.6 Å². The van der Waals surface area contributed by atoms with Gasteiger partial charge in [-0.3, -0.25) is 14.4 Å². The van der Waals surface area contributed by atoms with Crippen molar-refractivity contribution >= 4 is 23.9 Å². The molecule has 0 bridgehead atoms. The third-order valence-electron chi connectivity index (χ3n) is 6.09. The fraction of sp³-hybridized carbons (Fsp3) is 0.484. The zero-order valence-electron chi connectivity index (χ0n) is 24.9. The van der Waals surface area contributed by atoms with Gasteiger partial charge in [-0.1, -0.05) is 43.3 Å². The second-order valence-corrected chi connectivity index (χ2v) is 10.7. The van der Waals surface area contributed by atoms with Crippen LogP contribution in [0.1, 0.15) is 70.2 Å². The van der Waals surface area contributed by atoms with Gasteiger partial charge in [0.15, 0.2) is 0 Å². The van der Waals surface area contributed by atoms with Crippen molar-refractivity contribution < 1.29 is 33.8 Å². The Morgan fingerprint density at radius 1 is 1.00 bits per heavy atom. The maximum absolute atomic E-state index is 14.3. The van der Waals surface area contributed by atoms with Crippen molar-refractivity contribution in [3.8, 4) is 5.75 Å². The zero-order chi connectivity index (χ0) is 30.6. The summed E-state index contributed by atoms with van der Waals surface area (Å²) in [6.45, 7) is 11.1. The van der Waals surface area contributed by atoms with Gasteiger partial charge < -0.3 is 30.1 Å². The number of esters is 1. The molecule has 3 N–H and O–H groups in total. The largest absolute Gasteiger partial charge is 0.508 e. The van der Waals surface area contributed by atoms with E-state index in [-0.39, 0.29) is 38.3 Å². The molecule has 3 amide bonds. The van der Waals surface area contributed by atoms with Crippen LogP contribution in [0.2, 0.25) is 0 Å². The molecule has 2 rings (SSSR count). The minimum atomic E-state index is -1.07. The molecule has 0 fully saturated rings. The van der Waals surface area contributed by atoms with Crippen LogP contribution in [0, 0.1) is 6.92 Å². The number of amides is 3. The van der Waals surface area contributed by atoms with Crippen LogP contribution >= 0.6 is 0 Å². The van der Waals surface area contributed by atoms with Gasteiger partial charge in [0.25, 0.3) is 0 Å². The fourth-order valence-electron chi connectivity index (χ4n) is 4.29. The fourth-order valence-corrected chi connectivity index (χ4v) is 4.29. The molecule has 10 nitrogen and oxygen atoms in total. The summed E-state index contributed by atoms with van der Waals surface area (Å²) in [5.74, 6) is -1.29. The van der Waals surface area contributed by atoms with E-state index in [1.165, 1.54) is 17.0 Å². The Bertz CT molecular complexity index is 1170. The molecule has 0 saturated carbocycles. The Labute approximate surface area is 242 Å². The molecule has 2 unspecified atom stereocenters. The van der Waals surface area contributed by atoms with Crippen molar-refractivity contribution in [3.63, 3.8) is 0 Å². The molecule has 0 heterocycles. The van der Waals surface area contributed by atoms with Crippen LogP contribution in [0.25, 0.3) is 0 Å². The van der Waals surface area contributed by atoms with E-state index in [0.717, 1.165) is 5.56 Å². The molecule has 0 spiro atoms. The topological polar surface area (TPSA) is 134 Å². The predicted molar refractivity (Wildman–Crippen MR) is 155 cm³/mol.